The van der Waals surface area contributed by atoms with Crippen molar-refractivity contribution in [1.82, 2.24) is 9.97 Å². The molecule has 2 aromatic heterocycles. The number of hydrogen-bond acceptors (Lipinski definition) is 4. The molecule has 2 unspecified atom stereocenters. The van der Waals surface area contributed by atoms with Gasteiger partial charge in [0.2, 0.25) is 0 Å². The Hall–Kier alpha value is -0.870. The van der Waals surface area contributed by atoms with Crippen LogP contribution in [-0.4, -0.2) is 21.9 Å². The highest BCUT2D eigenvalue weighted by atomic mass is 35.5. The molecule has 1 saturated carbocycles. The maximum atomic E-state index is 6.38. The fraction of sp³-hybridized carbons (Fsp3) is 0.538. The van der Waals surface area contributed by atoms with Crippen molar-refractivity contribution in [3.05, 3.63) is 17.8 Å². The summed E-state index contributed by atoms with van der Waals surface area (Å²) in [6.07, 6.45) is 6.56. The van der Waals surface area contributed by atoms with Crippen molar-refractivity contribution in [1.29, 1.82) is 0 Å². The fourth-order valence-corrected chi connectivity index (χ4v) is 3.65. The molecule has 2 heterocycles. The molecule has 1 aliphatic carbocycles. The summed E-state index contributed by atoms with van der Waals surface area (Å²) in [5.74, 6) is 1.50. The predicted molar refractivity (Wildman–Crippen MR) is 77.5 cm³/mol. The summed E-state index contributed by atoms with van der Waals surface area (Å²) < 4.78 is 0. The van der Waals surface area contributed by atoms with Crippen LogP contribution in [0.4, 0.5) is 5.82 Å². The van der Waals surface area contributed by atoms with Gasteiger partial charge in [-0.15, -0.1) is 22.9 Å². The Bertz CT molecular complexity index is 528. The van der Waals surface area contributed by atoms with Crippen molar-refractivity contribution in [3.8, 4) is 0 Å². The summed E-state index contributed by atoms with van der Waals surface area (Å²) in [6, 6.07) is 2.07. The van der Waals surface area contributed by atoms with E-state index in [4.69, 9.17) is 11.6 Å². The van der Waals surface area contributed by atoms with Crippen molar-refractivity contribution in [2.75, 3.05) is 11.9 Å². The third-order valence-corrected chi connectivity index (χ3v) is 5.01. The Balaban J connectivity index is 1.71. The minimum absolute atomic E-state index is 0.311. The molecule has 1 N–H and O–H groups in total. The van der Waals surface area contributed by atoms with E-state index < -0.39 is 0 Å². The van der Waals surface area contributed by atoms with Crippen LogP contribution in [0.25, 0.3) is 10.2 Å². The van der Waals surface area contributed by atoms with Crippen LogP contribution in [0.2, 0.25) is 0 Å². The van der Waals surface area contributed by atoms with E-state index in [1.54, 1.807) is 17.7 Å². The van der Waals surface area contributed by atoms with Crippen molar-refractivity contribution >= 4 is 39.0 Å². The Labute approximate surface area is 116 Å². The van der Waals surface area contributed by atoms with Crippen molar-refractivity contribution in [3.63, 3.8) is 0 Å². The number of halogens is 1. The van der Waals surface area contributed by atoms with Crippen LogP contribution in [0.3, 0.4) is 0 Å². The first-order valence-electron chi connectivity index (χ1n) is 6.41. The van der Waals surface area contributed by atoms with Crippen LogP contribution >= 0.6 is 22.9 Å². The largest absolute Gasteiger partial charge is 0.369 e. The van der Waals surface area contributed by atoms with Crippen LogP contribution in [0.5, 0.6) is 0 Å². The topological polar surface area (TPSA) is 37.8 Å². The normalized spacial score (nSPS) is 24.3. The van der Waals surface area contributed by atoms with Gasteiger partial charge in [0.05, 0.1) is 5.39 Å². The lowest BCUT2D eigenvalue weighted by Gasteiger charge is -2.27. The van der Waals surface area contributed by atoms with E-state index >= 15 is 0 Å². The summed E-state index contributed by atoms with van der Waals surface area (Å²) in [6.45, 7) is 0.913. The van der Waals surface area contributed by atoms with Gasteiger partial charge in [-0.3, -0.25) is 0 Å². The first-order valence-corrected chi connectivity index (χ1v) is 7.72. The van der Waals surface area contributed by atoms with Gasteiger partial charge in [0.15, 0.2) is 0 Å². The van der Waals surface area contributed by atoms with Gasteiger partial charge in [-0.05, 0) is 30.2 Å². The summed E-state index contributed by atoms with van der Waals surface area (Å²) in [5.41, 5.74) is 0. The lowest BCUT2D eigenvalue weighted by molar-refractivity contribution is 0.380. The second-order valence-electron chi connectivity index (χ2n) is 4.80. The number of thiophene rings is 1. The van der Waals surface area contributed by atoms with E-state index in [0.29, 0.717) is 11.3 Å². The van der Waals surface area contributed by atoms with Crippen LogP contribution in [-0.2, 0) is 0 Å². The van der Waals surface area contributed by atoms with Crippen molar-refractivity contribution < 1.29 is 0 Å². The molecule has 0 radical (unpaired) electrons. The number of aromatic nitrogens is 2. The Morgan fingerprint density at radius 1 is 1.33 bits per heavy atom. The number of anilines is 1. The standard InChI is InChI=1S/C13H16ClN3S/c14-11-4-2-1-3-9(11)7-15-12-10-5-6-18-13(10)17-8-16-12/h5-6,8-9,11H,1-4,7H2,(H,15,16,17). The predicted octanol–water partition coefficient (Wildman–Crippen LogP) is 3.90. The van der Waals surface area contributed by atoms with Gasteiger partial charge in [-0.2, -0.15) is 0 Å². The van der Waals surface area contributed by atoms with E-state index in [-0.39, 0.29) is 0 Å². The van der Waals surface area contributed by atoms with Gasteiger partial charge < -0.3 is 5.32 Å². The van der Waals surface area contributed by atoms with Gasteiger partial charge in [0, 0.05) is 11.9 Å². The lowest BCUT2D eigenvalue weighted by atomic mass is 9.89. The molecular weight excluding hydrogens is 266 g/mol. The summed E-state index contributed by atoms with van der Waals surface area (Å²) in [4.78, 5) is 9.62. The van der Waals surface area contributed by atoms with E-state index in [2.05, 4.69) is 26.7 Å². The first kappa shape index (κ1) is 12.2. The molecule has 2 atom stereocenters. The third-order valence-electron chi connectivity index (χ3n) is 3.61. The van der Waals surface area contributed by atoms with Crippen LogP contribution in [0.1, 0.15) is 25.7 Å². The number of hydrogen-bond donors (Lipinski definition) is 1. The molecule has 1 fully saturated rings. The lowest BCUT2D eigenvalue weighted by Crippen LogP contribution is -2.27. The summed E-state index contributed by atoms with van der Waals surface area (Å²) >= 11 is 8.02. The zero-order valence-electron chi connectivity index (χ0n) is 10.1. The summed E-state index contributed by atoms with van der Waals surface area (Å²) in [7, 11) is 0. The fourth-order valence-electron chi connectivity index (χ4n) is 2.55. The SMILES string of the molecule is ClC1CCCCC1CNc1ncnc2sccc12. The molecule has 18 heavy (non-hydrogen) atoms. The minimum atomic E-state index is 0.311. The highest BCUT2D eigenvalue weighted by Crippen LogP contribution is 2.30. The Morgan fingerprint density at radius 2 is 2.22 bits per heavy atom. The quantitative estimate of drug-likeness (QED) is 0.867. The monoisotopic (exact) mass is 281 g/mol. The maximum Gasteiger partial charge on any atom is 0.138 e. The molecule has 2 aromatic rings. The third kappa shape index (κ3) is 2.45. The van der Waals surface area contributed by atoms with Gasteiger partial charge >= 0.3 is 0 Å². The molecule has 0 aliphatic heterocycles. The molecule has 5 heteroatoms. The molecular formula is C13H16ClN3S. The maximum absolute atomic E-state index is 6.38. The van der Waals surface area contributed by atoms with Crippen molar-refractivity contribution in [2.45, 2.75) is 31.1 Å². The number of nitrogens with zero attached hydrogens (tertiary/aromatic N) is 2. The number of alkyl halides is 1. The zero-order valence-corrected chi connectivity index (χ0v) is 11.7. The van der Waals surface area contributed by atoms with Gasteiger partial charge in [0.25, 0.3) is 0 Å². The van der Waals surface area contributed by atoms with Crippen LogP contribution in [0, 0.1) is 5.92 Å². The highest BCUT2D eigenvalue weighted by Gasteiger charge is 2.23. The van der Waals surface area contributed by atoms with Crippen LogP contribution < -0.4 is 5.32 Å². The van der Waals surface area contributed by atoms with Gasteiger partial charge in [-0.1, -0.05) is 12.8 Å². The number of nitrogens with one attached hydrogen (secondary N) is 1. The molecule has 0 amide bonds. The molecule has 3 nitrogen and oxygen atoms in total. The molecule has 0 aromatic carbocycles. The second-order valence-corrected chi connectivity index (χ2v) is 6.26. The molecule has 0 bridgehead atoms. The first-order chi connectivity index (χ1) is 8.84. The van der Waals surface area contributed by atoms with Gasteiger partial charge in [0.1, 0.15) is 17.0 Å². The Kier molecular flexibility index (Phi) is 3.66. The number of rotatable bonds is 3. The van der Waals surface area contributed by atoms with Gasteiger partial charge in [-0.25, -0.2) is 9.97 Å². The van der Waals surface area contributed by atoms with E-state index in [1.807, 2.05) is 0 Å². The Morgan fingerprint density at radius 3 is 3.11 bits per heavy atom. The highest BCUT2D eigenvalue weighted by molar-refractivity contribution is 7.16. The average Bonchev–Trinajstić information content (AvgIpc) is 2.86. The smallest absolute Gasteiger partial charge is 0.138 e. The molecule has 96 valence electrons. The minimum Gasteiger partial charge on any atom is -0.369 e. The van der Waals surface area contributed by atoms with Crippen LogP contribution in [0.15, 0.2) is 17.8 Å². The van der Waals surface area contributed by atoms with E-state index in [1.165, 1.54) is 19.3 Å². The second kappa shape index (κ2) is 5.41. The summed E-state index contributed by atoms with van der Waals surface area (Å²) in [5, 5.41) is 6.92. The average molecular weight is 282 g/mol. The molecule has 0 spiro atoms. The van der Waals surface area contributed by atoms with E-state index in [9.17, 15) is 0 Å². The molecule has 1 aliphatic rings. The zero-order chi connectivity index (χ0) is 12.4. The van der Waals surface area contributed by atoms with Crippen molar-refractivity contribution in [2.24, 2.45) is 5.92 Å². The molecule has 0 saturated heterocycles. The number of fused-ring (bicyclic) bond motifs is 1. The van der Waals surface area contributed by atoms with E-state index in [0.717, 1.165) is 29.0 Å². The molecule has 3 rings (SSSR count).